The van der Waals surface area contributed by atoms with E-state index in [0.717, 1.165) is 54.0 Å². The molecule has 1 fully saturated rings. The zero-order valence-corrected chi connectivity index (χ0v) is 23.0. The smallest absolute Gasteiger partial charge is 0.264 e. The fourth-order valence-electron chi connectivity index (χ4n) is 6.41. The van der Waals surface area contributed by atoms with E-state index in [9.17, 15) is 18.4 Å². The number of rotatable bonds is 6. The fraction of sp³-hybridized carbons (Fsp3) is 0.517. The second-order valence-corrected chi connectivity index (χ2v) is 11.2. The molecule has 0 bridgehead atoms. The molecule has 2 aromatic heterocycles. The van der Waals surface area contributed by atoms with Gasteiger partial charge >= 0.3 is 0 Å². The highest BCUT2D eigenvalue weighted by atomic mass is 19.3. The van der Waals surface area contributed by atoms with Gasteiger partial charge in [-0.05, 0) is 54.9 Å². The molecule has 1 unspecified atom stereocenters. The quantitative estimate of drug-likeness (QED) is 0.498. The number of amides is 2. The Kier molecular flexibility index (Phi) is 7.06. The van der Waals surface area contributed by atoms with Gasteiger partial charge in [0.05, 0.1) is 12.7 Å². The molecule has 1 saturated heterocycles. The Bertz CT molecular complexity index is 1450. The van der Waals surface area contributed by atoms with Crippen molar-refractivity contribution >= 4 is 23.3 Å². The Hall–Kier alpha value is -3.76. The average molecular weight is 552 g/mol. The van der Waals surface area contributed by atoms with E-state index < -0.39 is 6.43 Å². The monoisotopic (exact) mass is 551 g/mol. The minimum Gasteiger partial charge on any atom is -0.356 e. The highest BCUT2D eigenvalue weighted by Gasteiger charge is 2.32. The summed E-state index contributed by atoms with van der Waals surface area (Å²) in [5.74, 6) is 1.17. The Morgan fingerprint density at radius 2 is 2.08 bits per heavy atom. The number of aromatic nitrogens is 4. The van der Waals surface area contributed by atoms with Crippen molar-refractivity contribution in [2.24, 2.45) is 13.0 Å². The zero-order chi connectivity index (χ0) is 28.0. The van der Waals surface area contributed by atoms with E-state index in [4.69, 9.17) is 5.10 Å². The van der Waals surface area contributed by atoms with Crippen molar-refractivity contribution in [3.63, 3.8) is 0 Å². The molecule has 0 radical (unpaired) electrons. The minimum absolute atomic E-state index is 0.0118. The first kappa shape index (κ1) is 26.5. The van der Waals surface area contributed by atoms with Gasteiger partial charge in [0.1, 0.15) is 0 Å². The summed E-state index contributed by atoms with van der Waals surface area (Å²) in [4.78, 5) is 28.1. The maximum Gasteiger partial charge on any atom is 0.264 e. The van der Waals surface area contributed by atoms with Crippen LogP contribution in [0.15, 0.2) is 24.5 Å². The van der Waals surface area contributed by atoms with E-state index in [1.165, 1.54) is 0 Å². The number of hydrogen-bond donors (Lipinski definition) is 1. The molecule has 3 aliphatic rings. The van der Waals surface area contributed by atoms with E-state index in [1.807, 2.05) is 15.6 Å². The van der Waals surface area contributed by atoms with Crippen molar-refractivity contribution in [3.05, 3.63) is 46.9 Å². The van der Waals surface area contributed by atoms with Crippen LogP contribution >= 0.6 is 0 Å². The van der Waals surface area contributed by atoms with E-state index in [1.54, 1.807) is 37.1 Å². The summed E-state index contributed by atoms with van der Waals surface area (Å²) >= 11 is 0. The number of alkyl halides is 2. The molecule has 3 aromatic rings. The largest absolute Gasteiger partial charge is 0.356 e. The number of anilines is 2. The average Bonchev–Trinajstić information content (AvgIpc) is 3.54. The molecule has 5 heterocycles. The first-order chi connectivity index (χ1) is 19.3. The molecule has 212 valence electrons. The molecule has 0 aliphatic carbocycles. The molecule has 6 rings (SSSR count). The highest BCUT2D eigenvalue weighted by molar-refractivity contribution is 5.78. The lowest BCUT2D eigenvalue weighted by Gasteiger charge is -2.33. The highest BCUT2D eigenvalue weighted by Crippen LogP contribution is 2.43. The van der Waals surface area contributed by atoms with Crippen LogP contribution in [0.1, 0.15) is 61.4 Å². The van der Waals surface area contributed by atoms with Crippen LogP contribution in [0, 0.1) is 5.92 Å². The Balaban J connectivity index is 1.39. The van der Waals surface area contributed by atoms with E-state index >= 15 is 0 Å². The van der Waals surface area contributed by atoms with Crippen molar-refractivity contribution in [3.8, 4) is 11.1 Å². The van der Waals surface area contributed by atoms with Gasteiger partial charge in [-0.1, -0.05) is 0 Å². The Morgan fingerprint density at radius 1 is 1.23 bits per heavy atom. The van der Waals surface area contributed by atoms with Crippen LogP contribution in [0.2, 0.25) is 0 Å². The number of piperidine rings is 1. The van der Waals surface area contributed by atoms with Gasteiger partial charge in [-0.25, -0.2) is 8.78 Å². The standard InChI is InChI=1S/C29H35F2N7O2/c1-18(39)36-10-7-25-24(17-36)29(34-38(25)11-6-19-5-8-32-27(40)12-19)37-9-3-4-20-13-22(21-15-33-35(2)16-21)23(28(30)31)14-26(20)37/h13-16,19,28H,3-12,17H2,1-2H3,(H,32,40). The molecule has 9 nitrogen and oxygen atoms in total. The topological polar surface area (TPSA) is 88.3 Å². The maximum absolute atomic E-state index is 14.4. The normalized spacial score (nSPS) is 19.0. The Labute approximate surface area is 232 Å². The Morgan fingerprint density at radius 3 is 2.80 bits per heavy atom. The molecule has 2 amide bonds. The lowest BCUT2D eigenvalue weighted by molar-refractivity contribution is -0.129. The van der Waals surface area contributed by atoms with Gasteiger partial charge in [0.25, 0.3) is 6.43 Å². The summed E-state index contributed by atoms with van der Waals surface area (Å²) in [5.41, 5.74) is 5.01. The summed E-state index contributed by atoms with van der Waals surface area (Å²) in [6.45, 7) is 4.70. The SMILES string of the molecule is CC(=O)N1CCc2c(c(N3CCCc4cc(-c5cnn(C)c5)c(C(F)F)cc43)nn2CCC2CCNC(=O)C2)C1. The van der Waals surface area contributed by atoms with Crippen LogP contribution in [0.5, 0.6) is 0 Å². The van der Waals surface area contributed by atoms with Crippen molar-refractivity contribution in [2.75, 3.05) is 24.5 Å². The van der Waals surface area contributed by atoms with Crippen LogP contribution < -0.4 is 10.2 Å². The second kappa shape index (κ2) is 10.7. The number of fused-ring (bicyclic) bond motifs is 2. The van der Waals surface area contributed by atoms with Crippen molar-refractivity contribution in [1.29, 1.82) is 0 Å². The van der Waals surface area contributed by atoms with Crippen molar-refractivity contribution in [2.45, 2.75) is 65.0 Å². The molecule has 0 spiro atoms. The molecule has 1 atom stereocenters. The summed E-state index contributed by atoms with van der Waals surface area (Å²) < 4.78 is 32.5. The van der Waals surface area contributed by atoms with Crippen LogP contribution in [0.3, 0.4) is 0 Å². The second-order valence-electron chi connectivity index (χ2n) is 11.2. The predicted octanol–water partition coefficient (Wildman–Crippen LogP) is 4.13. The first-order valence-electron chi connectivity index (χ1n) is 14.1. The number of nitrogens with zero attached hydrogens (tertiary/aromatic N) is 6. The summed E-state index contributed by atoms with van der Waals surface area (Å²) in [6, 6.07) is 3.51. The van der Waals surface area contributed by atoms with E-state index in [0.29, 0.717) is 62.6 Å². The lowest BCUT2D eigenvalue weighted by atomic mass is 9.92. The number of carbonyl (C=O) groups excluding carboxylic acids is 2. The van der Waals surface area contributed by atoms with E-state index in [2.05, 4.69) is 15.3 Å². The molecule has 1 N–H and O–H groups in total. The first-order valence-corrected chi connectivity index (χ1v) is 14.1. The van der Waals surface area contributed by atoms with Gasteiger partial charge < -0.3 is 15.1 Å². The third-order valence-electron chi connectivity index (χ3n) is 8.53. The lowest BCUT2D eigenvalue weighted by Crippen LogP contribution is -2.36. The van der Waals surface area contributed by atoms with Crippen LogP contribution in [-0.2, 0) is 42.6 Å². The summed E-state index contributed by atoms with van der Waals surface area (Å²) in [5, 5.41) is 12.2. The molecule has 3 aliphatic heterocycles. The van der Waals surface area contributed by atoms with Gasteiger partial charge in [0.2, 0.25) is 11.8 Å². The maximum atomic E-state index is 14.4. The number of benzene rings is 1. The molecule has 1 aromatic carbocycles. The predicted molar refractivity (Wildman–Crippen MR) is 146 cm³/mol. The van der Waals surface area contributed by atoms with E-state index in [-0.39, 0.29) is 17.4 Å². The van der Waals surface area contributed by atoms with Gasteiger partial charge in [0.15, 0.2) is 5.82 Å². The molecular weight excluding hydrogens is 516 g/mol. The number of aryl methyl sites for hydroxylation is 3. The van der Waals surface area contributed by atoms with Gasteiger partial charge in [-0.15, -0.1) is 0 Å². The van der Waals surface area contributed by atoms with Crippen molar-refractivity contribution in [1.82, 2.24) is 29.8 Å². The third-order valence-corrected chi connectivity index (χ3v) is 8.53. The number of halogens is 2. The third kappa shape index (κ3) is 4.97. The summed E-state index contributed by atoms with van der Waals surface area (Å²) in [6.07, 6.45) is 5.42. The number of nitrogens with one attached hydrogen (secondary N) is 1. The van der Waals surface area contributed by atoms with Gasteiger partial charge in [-0.3, -0.25) is 19.0 Å². The fourth-order valence-corrected chi connectivity index (χ4v) is 6.41. The van der Waals surface area contributed by atoms with Gasteiger partial charge in [0, 0.05) is 87.3 Å². The molecule has 11 heteroatoms. The molecular formula is C29H35F2N7O2. The van der Waals surface area contributed by atoms with Crippen molar-refractivity contribution < 1.29 is 18.4 Å². The zero-order valence-electron chi connectivity index (χ0n) is 23.0. The van der Waals surface area contributed by atoms with Crippen LogP contribution in [-0.4, -0.2) is 55.9 Å². The van der Waals surface area contributed by atoms with Gasteiger partial charge in [-0.2, -0.15) is 10.2 Å². The summed E-state index contributed by atoms with van der Waals surface area (Å²) in [7, 11) is 1.78. The number of hydrogen-bond acceptors (Lipinski definition) is 5. The molecule has 0 saturated carbocycles. The number of carbonyl (C=O) groups is 2. The van der Waals surface area contributed by atoms with Crippen LogP contribution in [0.4, 0.5) is 20.3 Å². The molecule has 40 heavy (non-hydrogen) atoms. The van der Waals surface area contributed by atoms with Crippen LogP contribution in [0.25, 0.3) is 11.1 Å². The minimum atomic E-state index is -2.64.